The van der Waals surface area contributed by atoms with Crippen molar-refractivity contribution in [3.05, 3.63) is 0 Å². The van der Waals surface area contributed by atoms with E-state index in [4.69, 9.17) is 9.47 Å². The van der Waals surface area contributed by atoms with Gasteiger partial charge in [0.15, 0.2) is 0 Å². The quantitative estimate of drug-likeness (QED) is 0.548. The molecule has 4 nitrogen and oxygen atoms in total. The second kappa shape index (κ2) is 6.80. The van der Waals surface area contributed by atoms with Gasteiger partial charge in [-0.25, -0.2) is 0 Å². The number of rotatable bonds is 5. The van der Waals surface area contributed by atoms with Crippen molar-refractivity contribution in [3.8, 4) is 0 Å². The average Bonchev–Trinajstić information content (AvgIpc) is 2.29. The molecule has 1 N–H and O–H groups in total. The first-order chi connectivity index (χ1) is 7.27. The van der Waals surface area contributed by atoms with Gasteiger partial charge in [0.25, 0.3) is 0 Å². The van der Waals surface area contributed by atoms with E-state index in [1.165, 1.54) is 7.11 Å². The Morgan fingerprint density at radius 3 is 2.47 bits per heavy atom. The third-order valence-corrected chi connectivity index (χ3v) is 3.00. The summed E-state index contributed by atoms with van der Waals surface area (Å²) in [6.07, 6.45) is 4.00. The molecule has 1 fully saturated rings. The Morgan fingerprint density at radius 2 is 1.93 bits per heavy atom. The molecule has 0 heterocycles. The van der Waals surface area contributed by atoms with Gasteiger partial charge in [-0.05, 0) is 25.7 Å². The Hall–Kier alpha value is -0.610. The number of nitrogens with one attached hydrogen (secondary N) is 1. The summed E-state index contributed by atoms with van der Waals surface area (Å²) in [6, 6.07) is 0.543. The molecule has 88 valence electrons. The summed E-state index contributed by atoms with van der Waals surface area (Å²) in [6.45, 7) is 1.64. The summed E-state index contributed by atoms with van der Waals surface area (Å²) in [5.41, 5.74) is 0. The molecule has 0 amide bonds. The number of hydrogen-bond donors (Lipinski definition) is 1. The molecule has 0 aromatic carbocycles. The summed E-state index contributed by atoms with van der Waals surface area (Å²) >= 11 is 0. The van der Waals surface area contributed by atoms with Crippen molar-refractivity contribution in [2.45, 2.75) is 31.7 Å². The van der Waals surface area contributed by atoms with E-state index >= 15 is 0 Å². The molecule has 0 aromatic heterocycles. The predicted octanol–water partition coefficient (Wildman–Crippen LogP) is 0.954. The Kier molecular flexibility index (Phi) is 5.65. The highest BCUT2D eigenvalue weighted by molar-refractivity contribution is 5.72. The fraction of sp³-hybridized carbons (Fsp3) is 0.909. The largest absolute Gasteiger partial charge is 0.469 e. The maximum atomic E-state index is 11.3. The summed E-state index contributed by atoms with van der Waals surface area (Å²) in [7, 11) is 3.17. The minimum atomic E-state index is -0.0506. The number of hydrogen-bond acceptors (Lipinski definition) is 4. The van der Waals surface area contributed by atoms with Crippen molar-refractivity contribution < 1.29 is 14.3 Å². The minimum absolute atomic E-state index is 0.0506. The topological polar surface area (TPSA) is 47.6 Å². The number of carbonyl (C=O) groups is 1. The first kappa shape index (κ1) is 12.5. The van der Waals surface area contributed by atoms with Crippen LogP contribution in [0.4, 0.5) is 0 Å². The van der Waals surface area contributed by atoms with Gasteiger partial charge in [0, 0.05) is 19.7 Å². The first-order valence-electron chi connectivity index (χ1n) is 5.58. The van der Waals surface area contributed by atoms with Crippen LogP contribution in [0.25, 0.3) is 0 Å². The summed E-state index contributed by atoms with van der Waals surface area (Å²) in [5, 5.41) is 3.42. The molecule has 0 aromatic rings. The van der Waals surface area contributed by atoms with Crippen LogP contribution in [-0.4, -0.2) is 39.4 Å². The highest BCUT2D eigenvalue weighted by Gasteiger charge is 2.26. The molecule has 0 unspecified atom stereocenters. The van der Waals surface area contributed by atoms with Gasteiger partial charge in [0.1, 0.15) is 0 Å². The van der Waals surface area contributed by atoms with Crippen molar-refractivity contribution in [2.24, 2.45) is 5.92 Å². The number of ether oxygens (including phenoxy) is 2. The van der Waals surface area contributed by atoms with Gasteiger partial charge in [0.2, 0.25) is 0 Å². The Morgan fingerprint density at radius 1 is 1.27 bits per heavy atom. The van der Waals surface area contributed by atoms with Gasteiger partial charge >= 0.3 is 5.97 Å². The number of carbonyl (C=O) groups excluding carboxylic acids is 1. The Bertz CT molecular complexity index is 188. The van der Waals surface area contributed by atoms with Crippen LogP contribution >= 0.6 is 0 Å². The van der Waals surface area contributed by atoms with E-state index in [1.54, 1.807) is 7.11 Å². The van der Waals surface area contributed by atoms with Crippen LogP contribution in [0, 0.1) is 5.92 Å². The Balaban J connectivity index is 2.15. The number of esters is 1. The van der Waals surface area contributed by atoms with Gasteiger partial charge in [0.05, 0.1) is 19.6 Å². The third kappa shape index (κ3) is 4.18. The summed E-state index contributed by atoms with van der Waals surface area (Å²) in [5.74, 6) is 0.0702. The molecule has 0 saturated heterocycles. The van der Waals surface area contributed by atoms with Crippen molar-refractivity contribution in [1.82, 2.24) is 5.32 Å². The summed E-state index contributed by atoms with van der Waals surface area (Å²) in [4.78, 5) is 11.3. The molecule has 0 aliphatic heterocycles. The van der Waals surface area contributed by atoms with E-state index in [2.05, 4.69) is 5.32 Å². The molecule has 1 aliphatic rings. The second-order valence-electron chi connectivity index (χ2n) is 4.02. The monoisotopic (exact) mass is 215 g/mol. The first-order valence-corrected chi connectivity index (χ1v) is 5.58. The molecule has 1 saturated carbocycles. The van der Waals surface area contributed by atoms with Gasteiger partial charge in [-0.1, -0.05) is 0 Å². The Labute approximate surface area is 91.3 Å². The fourth-order valence-corrected chi connectivity index (χ4v) is 2.07. The molecule has 1 rings (SSSR count). The zero-order valence-electron chi connectivity index (χ0n) is 9.62. The van der Waals surface area contributed by atoms with E-state index < -0.39 is 0 Å². The van der Waals surface area contributed by atoms with Crippen LogP contribution in [0.3, 0.4) is 0 Å². The normalized spacial score (nSPS) is 26.3. The van der Waals surface area contributed by atoms with E-state index in [1.807, 2.05) is 0 Å². The highest BCUT2D eigenvalue weighted by atomic mass is 16.5. The number of methoxy groups -OCH3 is 2. The maximum absolute atomic E-state index is 11.3. The van der Waals surface area contributed by atoms with Crippen LogP contribution in [0.5, 0.6) is 0 Å². The van der Waals surface area contributed by atoms with Crippen molar-refractivity contribution in [3.63, 3.8) is 0 Å². The van der Waals surface area contributed by atoms with E-state index in [0.29, 0.717) is 6.04 Å². The van der Waals surface area contributed by atoms with Crippen LogP contribution in [-0.2, 0) is 14.3 Å². The standard InChI is InChI=1S/C11H21NO3/c1-14-8-7-12-10-5-3-9(4-6-10)11(13)15-2/h9-10,12H,3-8H2,1-2H3/t9-,10-. The second-order valence-corrected chi connectivity index (χ2v) is 4.02. The van der Waals surface area contributed by atoms with Gasteiger partial charge in [-0.3, -0.25) is 4.79 Å². The van der Waals surface area contributed by atoms with E-state index in [0.717, 1.165) is 38.8 Å². The molecule has 4 heteroatoms. The molecule has 0 atom stereocenters. The molecule has 0 radical (unpaired) electrons. The molecule has 0 bridgehead atoms. The lowest BCUT2D eigenvalue weighted by Gasteiger charge is -2.27. The average molecular weight is 215 g/mol. The molecule has 0 spiro atoms. The van der Waals surface area contributed by atoms with E-state index in [9.17, 15) is 4.79 Å². The van der Waals surface area contributed by atoms with Crippen LogP contribution < -0.4 is 5.32 Å². The van der Waals surface area contributed by atoms with Gasteiger partial charge < -0.3 is 14.8 Å². The van der Waals surface area contributed by atoms with E-state index in [-0.39, 0.29) is 11.9 Å². The zero-order valence-corrected chi connectivity index (χ0v) is 9.62. The molecular weight excluding hydrogens is 194 g/mol. The lowest BCUT2D eigenvalue weighted by atomic mass is 9.86. The highest BCUT2D eigenvalue weighted by Crippen LogP contribution is 2.24. The molecule has 15 heavy (non-hydrogen) atoms. The molecular formula is C11H21NO3. The third-order valence-electron chi connectivity index (χ3n) is 3.00. The lowest BCUT2D eigenvalue weighted by Crippen LogP contribution is -2.36. The van der Waals surface area contributed by atoms with Crippen molar-refractivity contribution in [2.75, 3.05) is 27.4 Å². The fourth-order valence-electron chi connectivity index (χ4n) is 2.07. The smallest absolute Gasteiger partial charge is 0.308 e. The van der Waals surface area contributed by atoms with Crippen LogP contribution in [0.15, 0.2) is 0 Å². The summed E-state index contributed by atoms with van der Waals surface area (Å²) < 4.78 is 9.72. The lowest BCUT2D eigenvalue weighted by molar-refractivity contribution is -0.146. The van der Waals surface area contributed by atoms with Gasteiger partial charge in [-0.15, -0.1) is 0 Å². The van der Waals surface area contributed by atoms with Crippen LogP contribution in [0.1, 0.15) is 25.7 Å². The van der Waals surface area contributed by atoms with Crippen molar-refractivity contribution in [1.29, 1.82) is 0 Å². The minimum Gasteiger partial charge on any atom is -0.469 e. The predicted molar refractivity (Wildman–Crippen MR) is 57.6 cm³/mol. The van der Waals surface area contributed by atoms with Crippen molar-refractivity contribution >= 4 is 5.97 Å². The van der Waals surface area contributed by atoms with Crippen LogP contribution in [0.2, 0.25) is 0 Å². The maximum Gasteiger partial charge on any atom is 0.308 e. The van der Waals surface area contributed by atoms with Gasteiger partial charge in [-0.2, -0.15) is 0 Å². The SMILES string of the molecule is COCCN[C@H]1CC[C@H](C(=O)OC)CC1. The molecule has 1 aliphatic carbocycles. The zero-order chi connectivity index (χ0) is 11.1.